The molecular formula is C11H23NOS. The standard InChI is InChI=1S/C11H23NOS/c1-11(2,9-14)8-12-6-4-10(13-3)5-7-12/h10,14H,4-9H2,1-3H3. The van der Waals surface area contributed by atoms with Crippen molar-refractivity contribution in [1.82, 2.24) is 4.90 Å². The molecule has 0 radical (unpaired) electrons. The highest BCUT2D eigenvalue weighted by molar-refractivity contribution is 7.80. The molecule has 0 atom stereocenters. The minimum absolute atomic E-state index is 0.336. The second kappa shape index (κ2) is 5.38. The van der Waals surface area contributed by atoms with E-state index in [0.29, 0.717) is 11.5 Å². The maximum atomic E-state index is 5.35. The molecule has 0 spiro atoms. The van der Waals surface area contributed by atoms with Gasteiger partial charge in [0.25, 0.3) is 0 Å². The van der Waals surface area contributed by atoms with Crippen LogP contribution >= 0.6 is 12.6 Å². The molecule has 0 aliphatic carbocycles. The molecule has 0 bridgehead atoms. The van der Waals surface area contributed by atoms with Crippen LogP contribution in [0.4, 0.5) is 0 Å². The molecule has 3 heteroatoms. The van der Waals surface area contributed by atoms with Crippen LogP contribution < -0.4 is 0 Å². The quantitative estimate of drug-likeness (QED) is 0.724. The van der Waals surface area contributed by atoms with Gasteiger partial charge in [0.05, 0.1) is 6.10 Å². The van der Waals surface area contributed by atoms with Crippen LogP contribution in [0, 0.1) is 5.41 Å². The third kappa shape index (κ3) is 3.79. The van der Waals surface area contributed by atoms with E-state index in [1.54, 1.807) is 0 Å². The fraction of sp³-hybridized carbons (Fsp3) is 1.00. The van der Waals surface area contributed by atoms with Crippen LogP contribution in [0.2, 0.25) is 0 Å². The number of likely N-dealkylation sites (tertiary alicyclic amines) is 1. The molecule has 1 aliphatic rings. The van der Waals surface area contributed by atoms with E-state index in [1.165, 1.54) is 25.9 Å². The van der Waals surface area contributed by atoms with Crippen molar-refractivity contribution < 1.29 is 4.74 Å². The number of rotatable bonds is 4. The number of piperidine rings is 1. The van der Waals surface area contributed by atoms with Crippen LogP contribution in [0.5, 0.6) is 0 Å². The molecule has 1 rings (SSSR count). The van der Waals surface area contributed by atoms with E-state index in [1.807, 2.05) is 7.11 Å². The van der Waals surface area contributed by atoms with Gasteiger partial charge in [-0.15, -0.1) is 0 Å². The summed E-state index contributed by atoms with van der Waals surface area (Å²) in [4.78, 5) is 2.53. The van der Waals surface area contributed by atoms with Gasteiger partial charge in [-0.2, -0.15) is 12.6 Å². The van der Waals surface area contributed by atoms with E-state index < -0.39 is 0 Å². The van der Waals surface area contributed by atoms with Crippen LogP contribution in [-0.2, 0) is 4.74 Å². The molecular weight excluding hydrogens is 194 g/mol. The number of hydrogen-bond acceptors (Lipinski definition) is 3. The van der Waals surface area contributed by atoms with E-state index in [-0.39, 0.29) is 0 Å². The Hall–Kier alpha value is 0.270. The first kappa shape index (κ1) is 12.3. The molecule has 0 aromatic rings. The van der Waals surface area contributed by atoms with Crippen molar-refractivity contribution in [2.45, 2.75) is 32.8 Å². The number of nitrogens with zero attached hydrogens (tertiary/aromatic N) is 1. The summed E-state index contributed by atoms with van der Waals surface area (Å²) in [6.07, 6.45) is 2.85. The fourth-order valence-corrected chi connectivity index (χ4v) is 2.06. The molecule has 84 valence electrons. The molecule has 2 nitrogen and oxygen atoms in total. The van der Waals surface area contributed by atoms with Crippen LogP contribution in [0.1, 0.15) is 26.7 Å². The van der Waals surface area contributed by atoms with Gasteiger partial charge >= 0.3 is 0 Å². The molecule has 0 saturated carbocycles. The van der Waals surface area contributed by atoms with E-state index in [2.05, 4.69) is 31.4 Å². The normalized spacial score (nSPS) is 21.4. The van der Waals surface area contributed by atoms with Crippen LogP contribution in [-0.4, -0.2) is 43.5 Å². The molecule has 0 unspecified atom stereocenters. The van der Waals surface area contributed by atoms with Crippen LogP contribution in [0.25, 0.3) is 0 Å². The zero-order chi connectivity index (χ0) is 10.6. The van der Waals surface area contributed by atoms with Gasteiger partial charge in [-0.3, -0.25) is 0 Å². The molecule has 14 heavy (non-hydrogen) atoms. The monoisotopic (exact) mass is 217 g/mol. The molecule has 1 heterocycles. The van der Waals surface area contributed by atoms with Crippen molar-refractivity contribution in [1.29, 1.82) is 0 Å². The Morgan fingerprint density at radius 1 is 1.36 bits per heavy atom. The topological polar surface area (TPSA) is 12.5 Å². The summed E-state index contributed by atoms with van der Waals surface area (Å²) in [6, 6.07) is 0. The van der Waals surface area contributed by atoms with Crippen molar-refractivity contribution in [3.8, 4) is 0 Å². The molecule has 1 saturated heterocycles. The van der Waals surface area contributed by atoms with Crippen molar-refractivity contribution in [3.63, 3.8) is 0 Å². The zero-order valence-corrected chi connectivity index (χ0v) is 10.5. The van der Waals surface area contributed by atoms with E-state index in [9.17, 15) is 0 Å². The Morgan fingerprint density at radius 2 is 1.93 bits per heavy atom. The SMILES string of the molecule is COC1CCN(CC(C)(C)CS)CC1. The van der Waals surface area contributed by atoms with Crippen molar-refractivity contribution >= 4 is 12.6 Å². The predicted octanol–water partition coefficient (Wildman–Crippen LogP) is 2.05. The second-order valence-electron chi connectivity index (χ2n) is 5.03. The van der Waals surface area contributed by atoms with Gasteiger partial charge in [0.1, 0.15) is 0 Å². The van der Waals surface area contributed by atoms with Gasteiger partial charge in [-0.25, -0.2) is 0 Å². The maximum absolute atomic E-state index is 5.35. The lowest BCUT2D eigenvalue weighted by atomic mass is 9.94. The van der Waals surface area contributed by atoms with Gasteiger partial charge in [0, 0.05) is 26.7 Å². The van der Waals surface area contributed by atoms with Crippen LogP contribution in [0.3, 0.4) is 0 Å². The lowest BCUT2D eigenvalue weighted by molar-refractivity contribution is 0.0321. The first-order valence-electron chi connectivity index (χ1n) is 5.43. The highest BCUT2D eigenvalue weighted by atomic mass is 32.1. The lowest BCUT2D eigenvalue weighted by Gasteiger charge is -2.36. The predicted molar refractivity (Wildman–Crippen MR) is 64.1 cm³/mol. The van der Waals surface area contributed by atoms with Gasteiger partial charge in [0.15, 0.2) is 0 Å². The molecule has 0 N–H and O–H groups in total. The summed E-state index contributed by atoms with van der Waals surface area (Å²) in [5.41, 5.74) is 0.336. The summed E-state index contributed by atoms with van der Waals surface area (Å²) in [6.45, 7) is 8.07. The molecule has 1 aliphatic heterocycles. The molecule has 0 amide bonds. The number of hydrogen-bond donors (Lipinski definition) is 1. The minimum atomic E-state index is 0.336. The molecule has 0 aromatic carbocycles. The summed E-state index contributed by atoms with van der Waals surface area (Å²) in [5, 5.41) is 0. The van der Waals surface area contributed by atoms with Gasteiger partial charge in [0.2, 0.25) is 0 Å². The van der Waals surface area contributed by atoms with E-state index in [0.717, 1.165) is 12.3 Å². The smallest absolute Gasteiger partial charge is 0.0595 e. The third-order valence-corrected chi connectivity index (χ3v) is 3.80. The Bertz CT molecular complexity index is 165. The second-order valence-corrected chi connectivity index (χ2v) is 5.35. The summed E-state index contributed by atoms with van der Waals surface area (Å²) in [7, 11) is 1.82. The first-order chi connectivity index (χ1) is 6.57. The van der Waals surface area contributed by atoms with Crippen molar-refractivity contribution in [3.05, 3.63) is 0 Å². The van der Waals surface area contributed by atoms with Gasteiger partial charge < -0.3 is 9.64 Å². The van der Waals surface area contributed by atoms with Crippen LogP contribution in [0.15, 0.2) is 0 Å². The Balaban J connectivity index is 2.28. The molecule has 0 aromatic heterocycles. The third-order valence-electron chi connectivity index (χ3n) is 2.95. The highest BCUT2D eigenvalue weighted by Gasteiger charge is 2.24. The Kier molecular flexibility index (Phi) is 4.74. The number of thiol groups is 1. The average molecular weight is 217 g/mol. The summed E-state index contributed by atoms with van der Waals surface area (Å²) >= 11 is 4.39. The average Bonchev–Trinajstić information content (AvgIpc) is 2.19. The first-order valence-corrected chi connectivity index (χ1v) is 6.06. The lowest BCUT2D eigenvalue weighted by Crippen LogP contribution is -2.42. The summed E-state index contributed by atoms with van der Waals surface area (Å²) < 4.78 is 5.35. The van der Waals surface area contributed by atoms with Crippen molar-refractivity contribution in [2.75, 3.05) is 32.5 Å². The minimum Gasteiger partial charge on any atom is -0.381 e. The zero-order valence-electron chi connectivity index (χ0n) is 9.62. The number of ether oxygens (including phenoxy) is 1. The maximum Gasteiger partial charge on any atom is 0.0595 e. The Morgan fingerprint density at radius 3 is 2.36 bits per heavy atom. The number of methoxy groups -OCH3 is 1. The summed E-state index contributed by atoms with van der Waals surface area (Å²) in [5.74, 6) is 0.956. The van der Waals surface area contributed by atoms with Gasteiger partial charge in [-0.1, -0.05) is 13.8 Å². The van der Waals surface area contributed by atoms with Gasteiger partial charge in [-0.05, 0) is 24.0 Å². The fourth-order valence-electron chi connectivity index (χ4n) is 1.96. The highest BCUT2D eigenvalue weighted by Crippen LogP contribution is 2.21. The Labute approximate surface area is 93.4 Å². The van der Waals surface area contributed by atoms with E-state index >= 15 is 0 Å². The van der Waals surface area contributed by atoms with E-state index in [4.69, 9.17) is 4.74 Å². The largest absolute Gasteiger partial charge is 0.381 e. The molecule has 1 fully saturated rings. The van der Waals surface area contributed by atoms with Crippen molar-refractivity contribution in [2.24, 2.45) is 5.41 Å².